The second-order valence-electron chi connectivity index (χ2n) is 6.24. The zero-order valence-corrected chi connectivity index (χ0v) is 13.2. The summed E-state index contributed by atoms with van der Waals surface area (Å²) in [4.78, 5) is 28.6. The van der Waals surface area contributed by atoms with Crippen molar-refractivity contribution in [2.24, 2.45) is 5.92 Å². The van der Waals surface area contributed by atoms with E-state index >= 15 is 0 Å². The van der Waals surface area contributed by atoms with Crippen molar-refractivity contribution in [2.45, 2.75) is 32.2 Å². The molecule has 1 saturated carbocycles. The molecule has 3 rings (SSSR count). The number of amides is 2. The number of rotatable bonds is 4. The number of carbonyl (C=O) groups is 2. The molecule has 0 spiro atoms. The first-order chi connectivity index (χ1) is 10.6. The van der Waals surface area contributed by atoms with Crippen molar-refractivity contribution in [3.63, 3.8) is 0 Å². The van der Waals surface area contributed by atoms with Crippen LogP contribution < -0.4 is 15.1 Å². The van der Waals surface area contributed by atoms with Crippen molar-refractivity contribution < 1.29 is 9.59 Å². The fraction of sp³-hybridized carbons (Fsp3) is 0.529. The van der Waals surface area contributed by atoms with Crippen LogP contribution in [-0.2, 0) is 9.59 Å². The Balaban J connectivity index is 1.93. The standard InChI is InChI=1S/C17H23N3O2/c1-3-16(21)18-13-11-19(2)14-6-4-5-7-15(14)20(17(13)22)10-12-8-9-12/h4-7,12-13H,3,8-11H2,1-2H3,(H,18,21)/t13-/m0/s1. The van der Waals surface area contributed by atoms with E-state index < -0.39 is 6.04 Å². The van der Waals surface area contributed by atoms with Crippen LogP contribution in [0.4, 0.5) is 11.4 Å². The summed E-state index contributed by atoms with van der Waals surface area (Å²) < 4.78 is 0. The van der Waals surface area contributed by atoms with Crippen LogP contribution in [0.2, 0.25) is 0 Å². The lowest BCUT2D eigenvalue weighted by Gasteiger charge is -2.25. The van der Waals surface area contributed by atoms with Gasteiger partial charge in [0.25, 0.3) is 5.91 Å². The zero-order valence-electron chi connectivity index (χ0n) is 13.2. The molecule has 1 atom stereocenters. The van der Waals surface area contributed by atoms with Gasteiger partial charge in [-0.2, -0.15) is 0 Å². The second-order valence-corrected chi connectivity index (χ2v) is 6.24. The highest BCUT2D eigenvalue weighted by molar-refractivity contribution is 6.03. The number of fused-ring (bicyclic) bond motifs is 1. The molecule has 1 aliphatic carbocycles. The van der Waals surface area contributed by atoms with E-state index in [-0.39, 0.29) is 11.8 Å². The van der Waals surface area contributed by atoms with Gasteiger partial charge in [-0.25, -0.2) is 0 Å². The van der Waals surface area contributed by atoms with Gasteiger partial charge in [-0.05, 0) is 30.9 Å². The SMILES string of the molecule is CCC(=O)N[C@H]1CN(C)c2ccccc2N(CC2CC2)C1=O. The van der Waals surface area contributed by atoms with Crippen molar-refractivity contribution in [3.05, 3.63) is 24.3 Å². The van der Waals surface area contributed by atoms with E-state index in [0.29, 0.717) is 18.9 Å². The van der Waals surface area contributed by atoms with E-state index in [1.54, 1.807) is 6.92 Å². The van der Waals surface area contributed by atoms with Gasteiger partial charge in [-0.3, -0.25) is 9.59 Å². The highest BCUT2D eigenvalue weighted by Gasteiger charge is 2.36. The van der Waals surface area contributed by atoms with Gasteiger partial charge in [0.05, 0.1) is 11.4 Å². The van der Waals surface area contributed by atoms with E-state index in [2.05, 4.69) is 10.2 Å². The lowest BCUT2D eigenvalue weighted by atomic mass is 10.2. The molecule has 0 bridgehead atoms. The molecule has 0 radical (unpaired) electrons. The van der Waals surface area contributed by atoms with Gasteiger partial charge in [0.15, 0.2) is 0 Å². The molecule has 5 heteroatoms. The van der Waals surface area contributed by atoms with Crippen molar-refractivity contribution in [2.75, 3.05) is 29.9 Å². The van der Waals surface area contributed by atoms with Crippen LogP contribution in [0.5, 0.6) is 0 Å². The minimum atomic E-state index is -0.483. The Hall–Kier alpha value is -2.04. The molecule has 0 aromatic heterocycles. The molecule has 2 aliphatic rings. The number of anilines is 2. The number of para-hydroxylation sites is 2. The predicted octanol–water partition coefficient (Wildman–Crippen LogP) is 1.77. The van der Waals surface area contributed by atoms with Crippen LogP contribution >= 0.6 is 0 Å². The Kier molecular flexibility index (Phi) is 4.05. The van der Waals surface area contributed by atoms with E-state index in [1.807, 2.05) is 36.2 Å². The molecule has 2 amide bonds. The first-order valence-electron chi connectivity index (χ1n) is 8.01. The Morgan fingerprint density at radius 1 is 1.27 bits per heavy atom. The van der Waals surface area contributed by atoms with E-state index in [1.165, 1.54) is 12.8 Å². The first kappa shape index (κ1) is 14.9. The predicted molar refractivity (Wildman–Crippen MR) is 87.0 cm³/mol. The molecule has 0 unspecified atom stereocenters. The molecule has 118 valence electrons. The average molecular weight is 301 g/mol. The van der Waals surface area contributed by atoms with Crippen molar-refractivity contribution in [3.8, 4) is 0 Å². The molecule has 1 heterocycles. The number of nitrogens with one attached hydrogen (secondary N) is 1. The van der Waals surface area contributed by atoms with E-state index in [9.17, 15) is 9.59 Å². The number of hydrogen-bond donors (Lipinski definition) is 1. The van der Waals surface area contributed by atoms with E-state index in [4.69, 9.17) is 0 Å². The summed E-state index contributed by atoms with van der Waals surface area (Å²) in [5, 5.41) is 2.88. The van der Waals surface area contributed by atoms with E-state index in [0.717, 1.165) is 17.9 Å². The van der Waals surface area contributed by atoms with Gasteiger partial charge in [0.2, 0.25) is 5.91 Å². The Bertz CT molecular complexity index is 583. The quantitative estimate of drug-likeness (QED) is 0.922. The smallest absolute Gasteiger partial charge is 0.251 e. The summed E-state index contributed by atoms with van der Waals surface area (Å²) in [6.07, 6.45) is 2.77. The van der Waals surface area contributed by atoms with Gasteiger partial charge in [0.1, 0.15) is 6.04 Å². The molecular formula is C17H23N3O2. The molecule has 1 aliphatic heterocycles. The Morgan fingerprint density at radius 3 is 2.59 bits per heavy atom. The van der Waals surface area contributed by atoms with Gasteiger partial charge >= 0.3 is 0 Å². The summed E-state index contributed by atoms with van der Waals surface area (Å²) in [6, 6.07) is 7.50. The number of benzene rings is 1. The Morgan fingerprint density at radius 2 is 1.95 bits per heavy atom. The zero-order chi connectivity index (χ0) is 15.7. The lowest BCUT2D eigenvalue weighted by molar-refractivity contribution is -0.127. The van der Waals surface area contributed by atoms with Gasteiger partial charge < -0.3 is 15.1 Å². The van der Waals surface area contributed by atoms with Crippen LogP contribution in [0.1, 0.15) is 26.2 Å². The molecule has 1 aromatic carbocycles. The first-order valence-corrected chi connectivity index (χ1v) is 8.01. The van der Waals surface area contributed by atoms with Crippen LogP contribution in [0, 0.1) is 5.92 Å². The summed E-state index contributed by atoms with van der Waals surface area (Å²) in [7, 11) is 1.97. The number of likely N-dealkylation sites (N-methyl/N-ethyl adjacent to an activating group) is 1. The number of hydrogen-bond acceptors (Lipinski definition) is 3. The molecule has 22 heavy (non-hydrogen) atoms. The lowest BCUT2D eigenvalue weighted by Crippen LogP contribution is -2.52. The van der Waals surface area contributed by atoms with Gasteiger partial charge in [-0.15, -0.1) is 0 Å². The number of carbonyl (C=O) groups excluding carboxylic acids is 2. The van der Waals surface area contributed by atoms with Gasteiger partial charge in [-0.1, -0.05) is 19.1 Å². The maximum absolute atomic E-state index is 13.0. The third-order valence-corrected chi connectivity index (χ3v) is 4.40. The fourth-order valence-electron chi connectivity index (χ4n) is 2.92. The fourth-order valence-corrected chi connectivity index (χ4v) is 2.92. The van der Waals surface area contributed by atoms with Crippen LogP contribution in [0.15, 0.2) is 24.3 Å². The largest absolute Gasteiger partial charge is 0.370 e. The molecule has 1 N–H and O–H groups in total. The van der Waals surface area contributed by atoms with Crippen molar-refractivity contribution >= 4 is 23.2 Å². The molecule has 0 saturated heterocycles. The average Bonchev–Trinajstić information content (AvgIpc) is 3.35. The normalized spacial score (nSPS) is 21.4. The van der Waals surface area contributed by atoms with Crippen molar-refractivity contribution in [1.29, 1.82) is 0 Å². The second kappa shape index (κ2) is 5.99. The topological polar surface area (TPSA) is 52.7 Å². The molecular weight excluding hydrogens is 278 g/mol. The third kappa shape index (κ3) is 2.93. The van der Waals surface area contributed by atoms with Crippen molar-refractivity contribution in [1.82, 2.24) is 5.32 Å². The van der Waals surface area contributed by atoms with Gasteiger partial charge in [0, 0.05) is 26.6 Å². The molecule has 1 aromatic rings. The Labute approximate surface area is 131 Å². The summed E-state index contributed by atoms with van der Waals surface area (Å²) >= 11 is 0. The minimum Gasteiger partial charge on any atom is -0.370 e. The van der Waals surface area contributed by atoms with Crippen LogP contribution in [0.25, 0.3) is 0 Å². The summed E-state index contributed by atoms with van der Waals surface area (Å²) in [5.41, 5.74) is 2.00. The minimum absolute atomic E-state index is 0.00509. The highest BCUT2D eigenvalue weighted by atomic mass is 16.2. The monoisotopic (exact) mass is 301 g/mol. The molecule has 5 nitrogen and oxygen atoms in total. The maximum Gasteiger partial charge on any atom is 0.251 e. The maximum atomic E-state index is 13.0. The van der Waals surface area contributed by atoms with Crippen LogP contribution in [-0.4, -0.2) is 38.0 Å². The summed E-state index contributed by atoms with van der Waals surface area (Å²) in [6.45, 7) is 3.06. The third-order valence-electron chi connectivity index (χ3n) is 4.40. The number of nitrogens with zero attached hydrogens (tertiary/aromatic N) is 2. The highest BCUT2D eigenvalue weighted by Crippen LogP contribution is 2.36. The summed E-state index contributed by atoms with van der Waals surface area (Å²) in [5.74, 6) is 0.525. The van der Waals surface area contributed by atoms with Crippen LogP contribution in [0.3, 0.4) is 0 Å². The molecule has 1 fully saturated rings.